The van der Waals surface area contributed by atoms with Gasteiger partial charge in [0.1, 0.15) is 0 Å². The van der Waals surface area contributed by atoms with Gasteiger partial charge in [-0.15, -0.1) is 6.42 Å². The van der Waals surface area contributed by atoms with Crippen molar-refractivity contribution in [1.82, 2.24) is 9.88 Å². The van der Waals surface area contributed by atoms with Gasteiger partial charge in [-0.2, -0.15) is 0 Å². The maximum Gasteiger partial charge on any atom is 0.229 e. The van der Waals surface area contributed by atoms with Crippen LogP contribution in [0.25, 0.3) is 0 Å². The first-order valence-corrected chi connectivity index (χ1v) is 4.31. The van der Waals surface area contributed by atoms with Gasteiger partial charge in [-0.3, -0.25) is 9.78 Å². The topological polar surface area (TPSA) is 33.2 Å². The van der Waals surface area contributed by atoms with Crippen molar-refractivity contribution in [1.29, 1.82) is 0 Å². The largest absolute Gasteiger partial charge is 0.334 e. The van der Waals surface area contributed by atoms with E-state index in [9.17, 15) is 4.79 Å². The van der Waals surface area contributed by atoms with E-state index in [-0.39, 0.29) is 5.91 Å². The third-order valence-electron chi connectivity index (χ3n) is 1.81. The molecule has 0 aromatic carbocycles. The van der Waals surface area contributed by atoms with Crippen molar-refractivity contribution in [2.24, 2.45) is 0 Å². The van der Waals surface area contributed by atoms with Crippen LogP contribution in [-0.4, -0.2) is 29.4 Å². The Labute approximate surface area is 83.8 Å². The van der Waals surface area contributed by atoms with Crippen LogP contribution in [0.3, 0.4) is 0 Å². The number of terminal acetylenes is 1. The third kappa shape index (κ3) is 2.91. The van der Waals surface area contributed by atoms with Crippen LogP contribution >= 0.6 is 0 Å². The summed E-state index contributed by atoms with van der Waals surface area (Å²) in [6.45, 7) is 0.339. The molecule has 0 spiro atoms. The highest BCUT2D eigenvalue weighted by Crippen LogP contribution is 1.97. The van der Waals surface area contributed by atoms with Gasteiger partial charge in [0.2, 0.25) is 5.91 Å². The fourth-order valence-corrected chi connectivity index (χ4v) is 1.02. The lowest BCUT2D eigenvalue weighted by atomic mass is 10.2. The summed E-state index contributed by atoms with van der Waals surface area (Å²) in [5.74, 6) is 2.41. The van der Waals surface area contributed by atoms with Gasteiger partial charge < -0.3 is 4.90 Å². The predicted molar refractivity (Wildman–Crippen MR) is 54.4 cm³/mol. The van der Waals surface area contributed by atoms with Crippen LogP contribution in [0.2, 0.25) is 0 Å². The fourth-order valence-electron chi connectivity index (χ4n) is 1.02. The molecule has 0 atom stereocenters. The van der Waals surface area contributed by atoms with Gasteiger partial charge in [0.05, 0.1) is 13.0 Å². The molecule has 3 nitrogen and oxygen atoms in total. The zero-order chi connectivity index (χ0) is 10.4. The number of aromatic nitrogens is 1. The number of carbonyl (C=O) groups is 1. The SMILES string of the molecule is C#CCN(C)C(=O)Cc1ccccn1. The van der Waals surface area contributed by atoms with E-state index in [0.29, 0.717) is 13.0 Å². The van der Waals surface area contributed by atoms with E-state index in [1.165, 1.54) is 4.90 Å². The van der Waals surface area contributed by atoms with Crippen LogP contribution in [0.15, 0.2) is 24.4 Å². The standard InChI is InChI=1S/C11H12N2O/c1-3-8-13(2)11(14)9-10-6-4-5-7-12-10/h1,4-7H,8-9H2,2H3. The van der Waals surface area contributed by atoms with Crippen molar-refractivity contribution in [2.75, 3.05) is 13.6 Å². The summed E-state index contributed by atoms with van der Waals surface area (Å²) in [6, 6.07) is 5.50. The summed E-state index contributed by atoms with van der Waals surface area (Å²) < 4.78 is 0. The lowest BCUT2D eigenvalue weighted by Crippen LogP contribution is -2.28. The highest BCUT2D eigenvalue weighted by molar-refractivity contribution is 5.78. The zero-order valence-corrected chi connectivity index (χ0v) is 8.10. The maximum absolute atomic E-state index is 11.5. The highest BCUT2D eigenvalue weighted by Gasteiger charge is 2.08. The normalized spacial score (nSPS) is 9.14. The molecular weight excluding hydrogens is 176 g/mol. The molecule has 1 aromatic rings. The van der Waals surface area contributed by atoms with E-state index in [4.69, 9.17) is 6.42 Å². The smallest absolute Gasteiger partial charge is 0.229 e. The van der Waals surface area contributed by atoms with Crippen molar-refractivity contribution in [2.45, 2.75) is 6.42 Å². The Morgan fingerprint density at radius 1 is 1.64 bits per heavy atom. The lowest BCUT2D eigenvalue weighted by molar-refractivity contribution is -0.128. The first kappa shape index (κ1) is 10.3. The summed E-state index contributed by atoms with van der Waals surface area (Å²) in [7, 11) is 1.69. The fraction of sp³-hybridized carbons (Fsp3) is 0.273. The van der Waals surface area contributed by atoms with Gasteiger partial charge in [0, 0.05) is 18.9 Å². The van der Waals surface area contributed by atoms with Gasteiger partial charge in [-0.1, -0.05) is 12.0 Å². The number of likely N-dealkylation sites (N-methyl/N-ethyl adjacent to an activating group) is 1. The van der Waals surface area contributed by atoms with Crippen molar-refractivity contribution < 1.29 is 4.79 Å². The number of pyridine rings is 1. The second-order valence-electron chi connectivity index (χ2n) is 2.95. The Balaban J connectivity index is 2.54. The second-order valence-corrected chi connectivity index (χ2v) is 2.95. The Hall–Kier alpha value is -1.82. The quantitative estimate of drug-likeness (QED) is 0.655. The monoisotopic (exact) mass is 188 g/mol. The molecule has 14 heavy (non-hydrogen) atoms. The van der Waals surface area contributed by atoms with Crippen LogP contribution < -0.4 is 0 Å². The minimum absolute atomic E-state index is 0.0124. The molecular formula is C11H12N2O. The van der Waals surface area contributed by atoms with Gasteiger partial charge in [0.25, 0.3) is 0 Å². The number of hydrogen-bond donors (Lipinski definition) is 0. The molecule has 0 aliphatic heterocycles. The molecule has 0 saturated carbocycles. The van der Waals surface area contributed by atoms with Gasteiger partial charge in [-0.25, -0.2) is 0 Å². The van der Waals surface area contributed by atoms with Gasteiger partial charge in [-0.05, 0) is 12.1 Å². The number of carbonyl (C=O) groups excluding carboxylic acids is 1. The van der Waals surface area contributed by atoms with Crippen molar-refractivity contribution in [3.05, 3.63) is 30.1 Å². The number of hydrogen-bond acceptors (Lipinski definition) is 2. The summed E-state index contributed by atoms with van der Waals surface area (Å²) in [4.78, 5) is 17.1. The molecule has 0 saturated heterocycles. The van der Waals surface area contributed by atoms with E-state index < -0.39 is 0 Å². The first-order valence-electron chi connectivity index (χ1n) is 4.31. The minimum atomic E-state index is -0.0124. The molecule has 0 N–H and O–H groups in total. The van der Waals surface area contributed by atoms with Crippen molar-refractivity contribution in [3.8, 4) is 12.3 Å². The summed E-state index contributed by atoms with van der Waals surface area (Å²) in [5.41, 5.74) is 0.765. The van der Waals surface area contributed by atoms with E-state index in [0.717, 1.165) is 5.69 Å². The van der Waals surface area contributed by atoms with Crippen LogP contribution in [0, 0.1) is 12.3 Å². The predicted octanol–water partition coefficient (Wildman–Crippen LogP) is 0.716. The molecule has 0 fully saturated rings. The summed E-state index contributed by atoms with van der Waals surface area (Å²) >= 11 is 0. The summed E-state index contributed by atoms with van der Waals surface area (Å²) in [5, 5.41) is 0. The Morgan fingerprint density at radius 3 is 3.00 bits per heavy atom. The molecule has 0 bridgehead atoms. The van der Waals surface area contributed by atoms with E-state index in [2.05, 4.69) is 10.9 Å². The molecule has 0 aliphatic rings. The first-order chi connectivity index (χ1) is 6.74. The molecule has 1 rings (SSSR count). The zero-order valence-electron chi connectivity index (χ0n) is 8.10. The van der Waals surface area contributed by atoms with E-state index in [1.54, 1.807) is 13.2 Å². The Morgan fingerprint density at radius 2 is 2.43 bits per heavy atom. The van der Waals surface area contributed by atoms with Crippen LogP contribution in [0.4, 0.5) is 0 Å². The lowest BCUT2D eigenvalue weighted by Gasteiger charge is -2.12. The van der Waals surface area contributed by atoms with Crippen molar-refractivity contribution >= 4 is 5.91 Å². The maximum atomic E-state index is 11.5. The second kappa shape index (κ2) is 5.03. The molecule has 1 heterocycles. The van der Waals surface area contributed by atoms with Gasteiger partial charge >= 0.3 is 0 Å². The molecule has 3 heteroatoms. The molecule has 0 unspecified atom stereocenters. The molecule has 1 aromatic heterocycles. The number of amides is 1. The van der Waals surface area contributed by atoms with Crippen LogP contribution in [0.1, 0.15) is 5.69 Å². The molecule has 1 amide bonds. The molecule has 0 radical (unpaired) electrons. The average Bonchev–Trinajstić information content (AvgIpc) is 2.19. The van der Waals surface area contributed by atoms with Gasteiger partial charge in [0.15, 0.2) is 0 Å². The average molecular weight is 188 g/mol. The van der Waals surface area contributed by atoms with E-state index >= 15 is 0 Å². The van der Waals surface area contributed by atoms with Crippen molar-refractivity contribution in [3.63, 3.8) is 0 Å². The molecule has 72 valence electrons. The Kier molecular flexibility index (Phi) is 3.69. The van der Waals surface area contributed by atoms with Crippen LogP contribution in [-0.2, 0) is 11.2 Å². The number of rotatable bonds is 3. The number of nitrogens with zero attached hydrogens (tertiary/aromatic N) is 2. The Bertz CT molecular complexity index is 340. The van der Waals surface area contributed by atoms with Crippen LogP contribution in [0.5, 0.6) is 0 Å². The minimum Gasteiger partial charge on any atom is -0.334 e. The molecule has 0 aliphatic carbocycles. The van der Waals surface area contributed by atoms with E-state index in [1.807, 2.05) is 18.2 Å². The summed E-state index contributed by atoms with van der Waals surface area (Å²) in [6.07, 6.45) is 7.08. The highest BCUT2D eigenvalue weighted by atomic mass is 16.2. The third-order valence-corrected chi connectivity index (χ3v) is 1.81.